The molecule has 0 heterocycles. The molecule has 25 heavy (non-hydrogen) atoms. The summed E-state index contributed by atoms with van der Waals surface area (Å²) < 4.78 is 5.07. The first-order chi connectivity index (χ1) is 12.2. The van der Waals surface area contributed by atoms with Crippen molar-refractivity contribution in [3.8, 4) is 5.75 Å². The van der Waals surface area contributed by atoms with Crippen molar-refractivity contribution < 1.29 is 14.3 Å². The standard InChI is InChI=1S/C21H23NO3/c1-25-19-13-11-18(12-14-19)22-21(24)20(23)17-9-7-16(8-10-17)15-5-3-2-4-6-15/h7-15H,2-6H2,1H3,(H,22,24). The Hall–Kier alpha value is -2.62. The Morgan fingerprint density at radius 3 is 2.16 bits per heavy atom. The maximum absolute atomic E-state index is 12.3. The zero-order chi connectivity index (χ0) is 17.6. The second kappa shape index (κ2) is 7.97. The van der Waals surface area contributed by atoms with Gasteiger partial charge in [-0.1, -0.05) is 43.5 Å². The van der Waals surface area contributed by atoms with Crippen molar-refractivity contribution in [1.82, 2.24) is 0 Å². The number of hydrogen-bond acceptors (Lipinski definition) is 3. The Labute approximate surface area is 148 Å². The molecule has 1 N–H and O–H groups in total. The van der Waals surface area contributed by atoms with Crippen molar-refractivity contribution in [2.45, 2.75) is 38.0 Å². The van der Waals surface area contributed by atoms with Crippen LogP contribution in [0.2, 0.25) is 0 Å². The maximum atomic E-state index is 12.3. The van der Waals surface area contributed by atoms with Crippen molar-refractivity contribution >= 4 is 17.4 Å². The van der Waals surface area contributed by atoms with Gasteiger partial charge in [0, 0.05) is 11.3 Å². The molecule has 0 atom stereocenters. The lowest BCUT2D eigenvalue weighted by Crippen LogP contribution is -2.22. The van der Waals surface area contributed by atoms with E-state index in [1.54, 1.807) is 43.5 Å². The number of methoxy groups -OCH3 is 1. The summed E-state index contributed by atoms with van der Waals surface area (Å²) in [5.41, 5.74) is 2.26. The Morgan fingerprint density at radius 2 is 1.56 bits per heavy atom. The first-order valence-electron chi connectivity index (χ1n) is 8.77. The summed E-state index contributed by atoms with van der Waals surface area (Å²) >= 11 is 0. The number of ketones is 1. The van der Waals surface area contributed by atoms with Gasteiger partial charge in [0.25, 0.3) is 11.7 Å². The summed E-state index contributed by atoms with van der Waals surface area (Å²) in [5, 5.41) is 2.63. The van der Waals surface area contributed by atoms with Gasteiger partial charge in [-0.15, -0.1) is 0 Å². The fourth-order valence-corrected chi connectivity index (χ4v) is 3.34. The van der Waals surface area contributed by atoms with Crippen LogP contribution in [0.3, 0.4) is 0 Å². The van der Waals surface area contributed by atoms with E-state index in [0.717, 1.165) is 0 Å². The van der Waals surface area contributed by atoms with Crippen LogP contribution >= 0.6 is 0 Å². The molecule has 4 nitrogen and oxygen atoms in total. The third-order valence-corrected chi connectivity index (χ3v) is 4.80. The van der Waals surface area contributed by atoms with Crippen LogP contribution in [0.4, 0.5) is 5.69 Å². The van der Waals surface area contributed by atoms with E-state index in [1.807, 2.05) is 12.1 Å². The number of nitrogens with one attached hydrogen (secondary N) is 1. The highest BCUT2D eigenvalue weighted by Gasteiger charge is 2.19. The van der Waals surface area contributed by atoms with Gasteiger partial charge in [0.2, 0.25) is 0 Å². The van der Waals surface area contributed by atoms with Crippen molar-refractivity contribution in [3.05, 3.63) is 59.7 Å². The lowest BCUT2D eigenvalue weighted by Gasteiger charge is -2.22. The maximum Gasteiger partial charge on any atom is 0.296 e. The molecule has 130 valence electrons. The van der Waals surface area contributed by atoms with E-state index in [0.29, 0.717) is 22.9 Å². The molecule has 0 saturated heterocycles. The van der Waals surface area contributed by atoms with Crippen LogP contribution in [0, 0.1) is 0 Å². The summed E-state index contributed by atoms with van der Waals surface area (Å²) in [7, 11) is 1.58. The highest BCUT2D eigenvalue weighted by atomic mass is 16.5. The summed E-state index contributed by atoms with van der Waals surface area (Å²) in [5.74, 6) is 0.134. The normalized spacial score (nSPS) is 14.8. The van der Waals surface area contributed by atoms with Crippen LogP contribution in [-0.4, -0.2) is 18.8 Å². The topological polar surface area (TPSA) is 55.4 Å². The van der Waals surface area contributed by atoms with Crippen molar-refractivity contribution in [3.63, 3.8) is 0 Å². The number of carbonyl (C=O) groups is 2. The minimum atomic E-state index is -0.629. The summed E-state index contributed by atoms with van der Waals surface area (Å²) in [6.45, 7) is 0. The second-order valence-electron chi connectivity index (χ2n) is 6.47. The van der Waals surface area contributed by atoms with E-state index in [-0.39, 0.29) is 0 Å². The van der Waals surface area contributed by atoms with Crippen molar-refractivity contribution in [1.29, 1.82) is 0 Å². The lowest BCUT2D eigenvalue weighted by molar-refractivity contribution is -0.112. The number of ether oxygens (including phenoxy) is 1. The average Bonchev–Trinajstić information content (AvgIpc) is 2.69. The summed E-state index contributed by atoms with van der Waals surface area (Å²) in [4.78, 5) is 24.5. The zero-order valence-corrected chi connectivity index (χ0v) is 14.5. The third-order valence-electron chi connectivity index (χ3n) is 4.80. The second-order valence-corrected chi connectivity index (χ2v) is 6.47. The lowest BCUT2D eigenvalue weighted by atomic mass is 9.84. The first kappa shape index (κ1) is 17.2. The smallest absolute Gasteiger partial charge is 0.296 e. The largest absolute Gasteiger partial charge is 0.497 e. The summed E-state index contributed by atoms with van der Waals surface area (Å²) in [6, 6.07) is 14.4. The highest BCUT2D eigenvalue weighted by Crippen LogP contribution is 2.32. The van der Waals surface area contributed by atoms with Crippen molar-refractivity contribution in [2.24, 2.45) is 0 Å². The van der Waals surface area contributed by atoms with Gasteiger partial charge in [-0.2, -0.15) is 0 Å². The Kier molecular flexibility index (Phi) is 5.49. The van der Waals surface area contributed by atoms with Gasteiger partial charge < -0.3 is 10.1 Å². The van der Waals surface area contributed by atoms with Crippen LogP contribution in [0.5, 0.6) is 5.75 Å². The molecule has 1 fully saturated rings. The van der Waals surface area contributed by atoms with E-state index in [1.165, 1.54) is 37.7 Å². The molecule has 2 aromatic carbocycles. The molecule has 0 bridgehead atoms. The number of benzene rings is 2. The SMILES string of the molecule is COc1ccc(NC(=O)C(=O)c2ccc(C3CCCCC3)cc2)cc1. The van der Waals surface area contributed by atoms with Crippen LogP contribution < -0.4 is 10.1 Å². The number of anilines is 1. The Bertz CT molecular complexity index is 729. The van der Waals surface area contributed by atoms with E-state index in [9.17, 15) is 9.59 Å². The minimum Gasteiger partial charge on any atom is -0.497 e. The van der Waals surface area contributed by atoms with Gasteiger partial charge in [0.15, 0.2) is 0 Å². The molecule has 4 heteroatoms. The van der Waals surface area contributed by atoms with Gasteiger partial charge in [0.1, 0.15) is 5.75 Å². The molecular formula is C21H23NO3. The molecule has 1 aliphatic rings. The molecule has 1 aliphatic carbocycles. The van der Waals surface area contributed by atoms with E-state index < -0.39 is 11.7 Å². The van der Waals surface area contributed by atoms with Crippen LogP contribution in [0.15, 0.2) is 48.5 Å². The van der Waals surface area contributed by atoms with E-state index in [2.05, 4.69) is 5.32 Å². The third kappa shape index (κ3) is 4.27. The zero-order valence-electron chi connectivity index (χ0n) is 14.5. The molecule has 0 radical (unpaired) electrons. The molecule has 1 amide bonds. The van der Waals surface area contributed by atoms with Crippen LogP contribution in [0.1, 0.15) is 53.9 Å². The predicted molar refractivity (Wildman–Crippen MR) is 98.2 cm³/mol. The predicted octanol–water partition coefficient (Wildman–Crippen LogP) is 4.56. The Balaban J connectivity index is 1.63. The first-order valence-corrected chi connectivity index (χ1v) is 8.77. The minimum absolute atomic E-state index is 0.422. The molecule has 0 unspecified atom stereocenters. The number of amides is 1. The summed E-state index contributed by atoms with van der Waals surface area (Å²) in [6.07, 6.45) is 6.29. The number of carbonyl (C=O) groups excluding carboxylic acids is 2. The molecule has 2 aromatic rings. The fraction of sp³-hybridized carbons (Fsp3) is 0.333. The molecule has 0 aliphatic heterocycles. The molecule has 0 aromatic heterocycles. The Morgan fingerprint density at radius 1 is 0.920 bits per heavy atom. The van der Waals surface area contributed by atoms with Gasteiger partial charge in [0.05, 0.1) is 7.11 Å². The van der Waals surface area contributed by atoms with Gasteiger partial charge >= 0.3 is 0 Å². The van der Waals surface area contributed by atoms with Crippen molar-refractivity contribution in [2.75, 3.05) is 12.4 Å². The monoisotopic (exact) mass is 337 g/mol. The molecular weight excluding hydrogens is 314 g/mol. The number of rotatable bonds is 5. The van der Waals surface area contributed by atoms with Crippen LogP contribution in [-0.2, 0) is 4.79 Å². The quantitative estimate of drug-likeness (QED) is 0.642. The van der Waals surface area contributed by atoms with E-state index in [4.69, 9.17) is 4.74 Å². The number of hydrogen-bond donors (Lipinski definition) is 1. The van der Waals surface area contributed by atoms with Crippen LogP contribution in [0.25, 0.3) is 0 Å². The molecule has 1 saturated carbocycles. The van der Waals surface area contributed by atoms with Gasteiger partial charge in [-0.05, 0) is 48.6 Å². The number of Topliss-reactive ketones (excluding diaryl/α,β-unsaturated/α-hetero) is 1. The molecule has 3 rings (SSSR count). The highest BCUT2D eigenvalue weighted by molar-refractivity contribution is 6.46. The van der Waals surface area contributed by atoms with Gasteiger partial charge in [-0.3, -0.25) is 9.59 Å². The van der Waals surface area contributed by atoms with Gasteiger partial charge in [-0.25, -0.2) is 0 Å². The average molecular weight is 337 g/mol. The molecule has 0 spiro atoms. The van der Waals surface area contributed by atoms with E-state index >= 15 is 0 Å². The fourth-order valence-electron chi connectivity index (χ4n) is 3.34.